The highest BCUT2D eigenvalue weighted by Gasteiger charge is 2.19. The summed E-state index contributed by atoms with van der Waals surface area (Å²) in [6.45, 7) is 5.01. The number of anilines is 1. The summed E-state index contributed by atoms with van der Waals surface area (Å²) >= 11 is 0. The first-order valence-electron chi connectivity index (χ1n) is 9.11. The quantitative estimate of drug-likeness (QED) is 0.646. The second kappa shape index (κ2) is 8.33. The van der Waals surface area contributed by atoms with Gasteiger partial charge in [0.25, 0.3) is 0 Å². The fourth-order valence-electron chi connectivity index (χ4n) is 3.51. The average Bonchev–Trinajstić information content (AvgIpc) is 3.13. The monoisotopic (exact) mass is 330 g/mol. The van der Waals surface area contributed by atoms with Crippen LogP contribution in [0.4, 0.5) is 5.82 Å². The second-order valence-corrected chi connectivity index (χ2v) is 6.83. The molecule has 0 unspecified atom stereocenters. The van der Waals surface area contributed by atoms with Gasteiger partial charge in [-0.25, -0.2) is 4.98 Å². The number of piperazine rings is 1. The number of nitrogens with zero attached hydrogens (tertiary/aromatic N) is 4. The third-order valence-corrected chi connectivity index (χ3v) is 5.04. The first-order valence-corrected chi connectivity index (χ1v) is 9.11. The minimum atomic E-state index is 0.571. The number of guanidine groups is 1. The Balaban J connectivity index is 1.60. The topological polar surface area (TPSA) is 55.8 Å². The second-order valence-electron chi connectivity index (χ2n) is 6.83. The molecule has 0 atom stereocenters. The van der Waals surface area contributed by atoms with Crippen molar-refractivity contribution < 1.29 is 0 Å². The zero-order valence-electron chi connectivity index (χ0n) is 15.0. The fourth-order valence-corrected chi connectivity index (χ4v) is 3.51. The van der Waals surface area contributed by atoms with Crippen LogP contribution in [-0.2, 0) is 6.54 Å². The summed E-state index contributed by atoms with van der Waals surface area (Å²) in [5, 5.41) is 7.00. The summed E-state index contributed by atoms with van der Waals surface area (Å²) in [5.74, 6) is 2.00. The predicted molar refractivity (Wildman–Crippen MR) is 99.5 cm³/mol. The van der Waals surface area contributed by atoms with E-state index in [1.165, 1.54) is 31.2 Å². The maximum atomic E-state index is 4.64. The van der Waals surface area contributed by atoms with Crippen LogP contribution in [0.5, 0.6) is 0 Å². The van der Waals surface area contributed by atoms with E-state index in [9.17, 15) is 0 Å². The molecule has 1 aromatic rings. The summed E-state index contributed by atoms with van der Waals surface area (Å²) in [7, 11) is 4.02. The van der Waals surface area contributed by atoms with Gasteiger partial charge in [0.2, 0.25) is 0 Å². The van der Waals surface area contributed by atoms with Crippen LogP contribution in [0.25, 0.3) is 0 Å². The van der Waals surface area contributed by atoms with Gasteiger partial charge in [0, 0.05) is 57.6 Å². The Labute approximate surface area is 145 Å². The summed E-state index contributed by atoms with van der Waals surface area (Å²) in [6, 6.07) is 4.75. The number of aromatic nitrogens is 1. The SMILES string of the molecule is CN=C(NCc1cccnc1N1CCN(C)CC1)NC1CCCC1. The Morgan fingerprint density at radius 1 is 1.25 bits per heavy atom. The lowest BCUT2D eigenvalue weighted by molar-refractivity contribution is 0.312. The Kier molecular flexibility index (Phi) is 5.91. The van der Waals surface area contributed by atoms with E-state index in [2.05, 4.69) is 43.5 Å². The molecule has 0 spiro atoms. The van der Waals surface area contributed by atoms with Crippen molar-refractivity contribution in [2.45, 2.75) is 38.3 Å². The van der Waals surface area contributed by atoms with E-state index in [1.807, 2.05) is 19.3 Å². The molecule has 0 amide bonds. The highest BCUT2D eigenvalue weighted by atomic mass is 15.3. The van der Waals surface area contributed by atoms with Gasteiger partial charge >= 0.3 is 0 Å². The maximum absolute atomic E-state index is 4.64. The Bertz CT molecular complexity index is 544. The molecule has 6 nitrogen and oxygen atoms in total. The molecule has 2 aliphatic rings. The fraction of sp³-hybridized carbons (Fsp3) is 0.667. The van der Waals surface area contributed by atoms with Crippen LogP contribution in [0.15, 0.2) is 23.3 Å². The Morgan fingerprint density at radius 3 is 2.71 bits per heavy atom. The van der Waals surface area contributed by atoms with E-state index in [4.69, 9.17) is 0 Å². The smallest absolute Gasteiger partial charge is 0.191 e. The molecular formula is C18H30N6. The first-order chi connectivity index (χ1) is 11.8. The van der Waals surface area contributed by atoms with Gasteiger partial charge < -0.3 is 20.4 Å². The van der Waals surface area contributed by atoms with E-state index in [0.717, 1.165) is 44.5 Å². The number of hydrogen-bond donors (Lipinski definition) is 2. The number of aliphatic imine (C=N–C) groups is 1. The molecular weight excluding hydrogens is 300 g/mol. The number of pyridine rings is 1. The van der Waals surface area contributed by atoms with Crippen molar-refractivity contribution >= 4 is 11.8 Å². The Morgan fingerprint density at radius 2 is 2.00 bits per heavy atom. The number of likely N-dealkylation sites (N-methyl/N-ethyl adjacent to an activating group) is 1. The van der Waals surface area contributed by atoms with Gasteiger partial charge in [-0.15, -0.1) is 0 Å². The molecule has 3 rings (SSSR count). The lowest BCUT2D eigenvalue weighted by atomic mass is 10.2. The summed E-state index contributed by atoms with van der Waals surface area (Å²) in [6.07, 6.45) is 7.04. The standard InChI is InChI=1S/C18H30N6/c1-19-18(22-16-7-3-4-8-16)21-14-15-6-5-9-20-17(15)24-12-10-23(2)11-13-24/h5-6,9,16H,3-4,7-8,10-14H2,1-2H3,(H2,19,21,22). The van der Waals surface area contributed by atoms with Crippen molar-refractivity contribution in [3.8, 4) is 0 Å². The van der Waals surface area contributed by atoms with E-state index in [0.29, 0.717) is 6.04 Å². The molecule has 2 heterocycles. The van der Waals surface area contributed by atoms with Crippen molar-refractivity contribution in [2.75, 3.05) is 45.2 Å². The van der Waals surface area contributed by atoms with E-state index in [-0.39, 0.29) is 0 Å². The van der Waals surface area contributed by atoms with Gasteiger partial charge in [0.1, 0.15) is 5.82 Å². The molecule has 1 aromatic heterocycles. The molecule has 1 aliphatic carbocycles. The molecule has 1 aliphatic heterocycles. The molecule has 24 heavy (non-hydrogen) atoms. The molecule has 1 saturated carbocycles. The van der Waals surface area contributed by atoms with Crippen molar-refractivity contribution in [3.05, 3.63) is 23.9 Å². The third-order valence-electron chi connectivity index (χ3n) is 5.04. The minimum absolute atomic E-state index is 0.571. The van der Waals surface area contributed by atoms with Crippen LogP contribution in [0.1, 0.15) is 31.2 Å². The minimum Gasteiger partial charge on any atom is -0.354 e. The lowest BCUT2D eigenvalue weighted by Crippen LogP contribution is -2.45. The first kappa shape index (κ1) is 17.0. The van der Waals surface area contributed by atoms with Crippen LogP contribution in [0, 0.1) is 0 Å². The van der Waals surface area contributed by atoms with Crippen LogP contribution < -0.4 is 15.5 Å². The van der Waals surface area contributed by atoms with Crippen molar-refractivity contribution in [1.82, 2.24) is 20.5 Å². The summed E-state index contributed by atoms with van der Waals surface area (Å²) in [4.78, 5) is 13.8. The van der Waals surface area contributed by atoms with E-state index in [1.54, 1.807) is 0 Å². The van der Waals surface area contributed by atoms with E-state index >= 15 is 0 Å². The normalized spacial score (nSPS) is 20.4. The lowest BCUT2D eigenvalue weighted by Gasteiger charge is -2.34. The number of nitrogens with one attached hydrogen (secondary N) is 2. The summed E-state index contributed by atoms with van der Waals surface area (Å²) < 4.78 is 0. The highest BCUT2D eigenvalue weighted by Crippen LogP contribution is 2.19. The number of rotatable bonds is 4. The van der Waals surface area contributed by atoms with Gasteiger partial charge in [-0.2, -0.15) is 0 Å². The van der Waals surface area contributed by atoms with Gasteiger partial charge in [-0.05, 0) is 26.0 Å². The molecule has 2 fully saturated rings. The van der Waals surface area contributed by atoms with Gasteiger partial charge in [0.05, 0.1) is 0 Å². The molecule has 0 aromatic carbocycles. The van der Waals surface area contributed by atoms with Crippen molar-refractivity contribution in [2.24, 2.45) is 4.99 Å². The van der Waals surface area contributed by atoms with Crippen LogP contribution >= 0.6 is 0 Å². The predicted octanol–water partition coefficient (Wildman–Crippen LogP) is 1.44. The van der Waals surface area contributed by atoms with E-state index < -0.39 is 0 Å². The average molecular weight is 330 g/mol. The molecule has 0 bridgehead atoms. The van der Waals surface area contributed by atoms with Crippen molar-refractivity contribution in [3.63, 3.8) is 0 Å². The molecule has 2 N–H and O–H groups in total. The van der Waals surface area contributed by atoms with Crippen LogP contribution in [0.2, 0.25) is 0 Å². The third kappa shape index (κ3) is 4.38. The highest BCUT2D eigenvalue weighted by molar-refractivity contribution is 5.80. The van der Waals surface area contributed by atoms with Gasteiger partial charge in [-0.1, -0.05) is 18.9 Å². The zero-order chi connectivity index (χ0) is 16.8. The van der Waals surface area contributed by atoms with Crippen LogP contribution in [0.3, 0.4) is 0 Å². The molecule has 0 radical (unpaired) electrons. The van der Waals surface area contributed by atoms with Crippen molar-refractivity contribution in [1.29, 1.82) is 0 Å². The largest absolute Gasteiger partial charge is 0.354 e. The van der Waals surface area contributed by atoms with Gasteiger partial charge in [0.15, 0.2) is 5.96 Å². The van der Waals surface area contributed by atoms with Gasteiger partial charge in [-0.3, -0.25) is 4.99 Å². The maximum Gasteiger partial charge on any atom is 0.191 e. The summed E-state index contributed by atoms with van der Waals surface area (Å²) in [5.41, 5.74) is 1.23. The van der Waals surface area contributed by atoms with Crippen LogP contribution in [-0.4, -0.2) is 62.2 Å². The molecule has 132 valence electrons. The number of hydrogen-bond acceptors (Lipinski definition) is 4. The zero-order valence-corrected chi connectivity index (χ0v) is 15.0. The Hall–Kier alpha value is -1.82. The molecule has 6 heteroatoms. The molecule has 1 saturated heterocycles.